The van der Waals surface area contributed by atoms with Gasteiger partial charge in [0.1, 0.15) is 5.75 Å². The number of carbonyl (C=O) groups excluding carboxylic acids is 1. The number of hydrogen-bond donors (Lipinski definition) is 0. The van der Waals surface area contributed by atoms with Gasteiger partial charge in [0, 0.05) is 6.07 Å². The summed E-state index contributed by atoms with van der Waals surface area (Å²) in [6.07, 6.45) is 1.15. The molecule has 1 aliphatic heterocycles. The summed E-state index contributed by atoms with van der Waals surface area (Å²) in [7, 11) is 0. The summed E-state index contributed by atoms with van der Waals surface area (Å²) in [5, 5.41) is 3.55. The Balaban J connectivity index is 2.07. The van der Waals surface area contributed by atoms with Gasteiger partial charge in [0.25, 0.3) is 11.5 Å². The molecule has 1 aromatic heterocycles. The summed E-state index contributed by atoms with van der Waals surface area (Å²) in [6, 6.07) is 4.80. The minimum atomic E-state index is -4.66. The smallest absolute Gasteiger partial charge is 0.418 e. The number of nitrogens with zero attached hydrogens (tertiary/aromatic N) is 3. The Morgan fingerprint density at radius 2 is 2.04 bits per heavy atom. The number of terminal acetylenes is 1. The summed E-state index contributed by atoms with van der Waals surface area (Å²) < 4.78 is 44.0. The third-order valence-electron chi connectivity index (χ3n) is 3.51. The van der Waals surface area contributed by atoms with Crippen molar-refractivity contribution in [1.29, 1.82) is 0 Å². The molecule has 0 aliphatic carbocycles. The van der Waals surface area contributed by atoms with Gasteiger partial charge in [-0.15, -0.1) is 6.42 Å². The zero-order chi connectivity index (χ0) is 18.2. The second-order valence-electron chi connectivity index (χ2n) is 5.12. The molecule has 0 N–H and O–H groups in total. The molecule has 25 heavy (non-hydrogen) atoms. The van der Waals surface area contributed by atoms with Crippen LogP contribution in [0.4, 0.5) is 18.9 Å². The molecule has 0 radical (unpaired) electrons. The molecule has 0 saturated heterocycles. The second-order valence-corrected chi connectivity index (χ2v) is 5.12. The number of carbonyl (C=O) groups is 1. The number of benzene rings is 1. The van der Waals surface area contributed by atoms with Crippen LogP contribution in [0.25, 0.3) is 5.69 Å². The quantitative estimate of drug-likeness (QED) is 0.773. The Labute approximate surface area is 139 Å². The van der Waals surface area contributed by atoms with Crippen LogP contribution in [0.2, 0.25) is 0 Å². The van der Waals surface area contributed by atoms with E-state index in [1.54, 1.807) is 0 Å². The average molecular weight is 349 g/mol. The van der Waals surface area contributed by atoms with E-state index in [-0.39, 0.29) is 24.7 Å². The van der Waals surface area contributed by atoms with Crippen molar-refractivity contribution in [2.24, 2.45) is 0 Å². The van der Waals surface area contributed by atoms with Gasteiger partial charge in [-0.1, -0.05) is 5.92 Å². The van der Waals surface area contributed by atoms with Crippen molar-refractivity contribution in [1.82, 2.24) is 9.78 Å². The highest BCUT2D eigenvalue weighted by Gasteiger charge is 2.32. The highest BCUT2D eigenvalue weighted by atomic mass is 19.4. The molecule has 1 amide bonds. The van der Waals surface area contributed by atoms with E-state index in [1.165, 1.54) is 23.1 Å². The van der Waals surface area contributed by atoms with E-state index in [1.807, 2.05) is 0 Å². The van der Waals surface area contributed by atoms with E-state index in [0.29, 0.717) is 23.7 Å². The fraction of sp³-hybridized carbons (Fsp3) is 0.188. The topological polar surface area (TPSA) is 64.4 Å². The predicted molar refractivity (Wildman–Crippen MR) is 81.5 cm³/mol. The number of ether oxygens (including phenoxy) is 1. The van der Waals surface area contributed by atoms with Crippen LogP contribution in [-0.4, -0.2) is 28.8 Å². The molecule has 1 aromatic carbocycles. The first-order valence-corrected chi connectivity index (χ1v) is 6.99. The van der Waals surface area contributed by atoms with Gasteiger partial charge in [-0.2, -0.15) is 23.0 Å². The monoisotopic (exact) mass is 349 g/mol. The summed E-state index contributed by atoms with van der Waals surface area (Å²) >= 11 is 0. The third-order valence-corrected chi connectivity index (χ3v) is 3.51. The van der Waals surface area contributed by atoms with E-state index >= 15 is 0 Å². The van der Waals surface area contributed by atoms with Crippen LogP contribution in [0.1, 0.15) is 5.56 Å². The molecule has 0 spiro atoms. The van der Waals surface area contributed by atoms with Crippen LogP contribution in [-0.2, 0) is 11.0 Å². The number of alkyl halides is 3. The van der Waals surface area contributed by atoms with Crippen LogP contribution in [0, 0.1) is 12.3 Å². The lowest BCUT2D eigenvalue weighted by Gasteiger charge is -2.28. The van der Waals surface area contributed by atoms with E-state index in [0.717, 1.165) is 4.68 Å². The minimum Gasteiger partial charge on any atom is -0.482 e. The fourth-order valence-corrected chi connectivity index (χ4v) is 2.34. The number of fused-ring (bicyclic) bond motifs is 1. The molecule has 2 aromatic rings. The van der Waals surface area contributed by atoms with Gasteiger partial charge in [-0.25, -0.2) is 0 Å². The summed E-state index contributed by atoms with van der Waals surface area (Å²) in [5.41, 5.74) is -1.60. The first-order valence-electron chi connectivity index (χ1n) is 6.99. The Hall–Kier alpha value is -3.28. The molecular weight excluding hydrogens is 339 g/mol. The zero-order valence-corrected chi connectivity index (χ0v) is 12.6. The standard InChI is InChI=1S/C16H10F3N3O3/c1-2-5-21-12-7-11(3-4-13(12)25-9-15(21)24)22-14(23)6-10(8-20-22)16(17,18)19/h1,3-4,6-8H,5,9H2. The number of aromatic nitrogens is 2. The van der Waals surface area contributed by atoms with Gasteiger partial charge in [-0.05, 0) is 18.2 Å². The first kappa shape index (κ1) is 16.6. The maximum absolute atomic E-state index is 12.6. The molecule has 128 valence electrons. The Morgan fingerprint density at radius 1 is 1.28 bits per heavy atom. The predicted octanol–water partition coefficient (Wildman–Crippen LogP) is 1.61. The Kier molecular flexibility index (Phi) is 3.96. The van der Waals surface area contributed by atoms with E-state index in [2.05, 4.69) is 11.0 Å². The number of anilines is 1. The summed E-state index contributed by atoms with van der Waals surface area (Å²) in [4.78, 5) is 25.2. The van der Waals surface area contributed by atoms with Crippen LogP contribution in [0.5, 0.6) is 5.75 Å². The SMILES string of the molecule is C#CCN1C(=O)COc2ccc(-n3ncc(C(F)(F)F)cc3=O)cc21. The maximum Gasteiger partial charge on any atom is 0.418 e. The van der Waals surface area contributed by atoms with E-state index in [4.69, 9.17) is 11.2 Å². The molecule has 0 saturated carbocycles. The molecule has 0 unspecified atom stereocenters. The van der Waals surface area contributed by atoms with Crippen LogP contribution in [0.15, 0.2) is 35.3 Å². The van der Waals surface area contributed by atoms with E-state index < -0.39 is 17.3 Å². The van der Waals surface area contributed by atoms with Gasteiger partial charge in [0.15, 0.2) is 6.61 Å². The van der Waals surface area contributed by atoms with Crippen molar-refractivity contribution in [3.05, 3.63) is 46.4 Å². The second kappa shape index (κ2) is 5.98. The number of halogens is 3. The molecule has 0 fully saturated rings. The lowest BCUT2D eigenvalue weighted by Crippen LogP contribution is -2.39. The van der Waals surface area contributed by atoms with Crippen molar-refractivity contribution < 1.29 is 22.7 Å². The molecular formula is C16H10F3N3O3. The highest BCUT2D eigenvalue weighted by Crippen LogP contribution is 2.33. The molecule has 9 heteroatoms. The van der Waals surface area contributed by atoms with Gasteiger partial charge in [-0.3, -0.25) is 14.5 Å². The average Bonchev–Trinajstić information content (AvgIpc) is 2.56. The van der Waals surface area contributed by atoms with Crippen molar-refractivity contribution in [3.63, 3.8) is 0 Å². The van der Waals surface area contributed by atoms with Crippen LogP contribution < -0.4 is 15.2 Å². The lowest BCUT2D eigenvalue weighted by atomic mass is 10.2. The largest absolute Gasteiger partial charge is 0.482 e. The molecule has 0 bridgehead atoms. The summed E-state index contributed by atoms with van der Waals surface area (Å²) in [5.74, 6) is 2.35. The lowest BCUT2D eigenvalue weighted by molar-refractivity contribution is -0.138. The van der Waals surface area contributed by atoms with Crippen molar-refractivity contribution in [2.45, 2.75) is 6.18 Å². The number of rotatable bonds is 2. The van der Waals surface area contributed by atoms with Crippen LogP contribution in [0.3, 0.4) is 0 Å². The Morgan fingerprint density at radius 3 is 2.68 bits per heavy atom. The normalized spacial score (nSPS) is 13.8. The van der Waals surface area contributed by atoms with Crippen molar-refractivity contribution in [3.8, 4) is 23.8 Å². The third kappa shape index (κ3) is 3.06. The van der Waals surface area contributed by atoms with Crippen molar-refractivity contribution >= 4 is 11.6 Å². The maximum atomic E-state index is 12.6. The van der Waals surface area contributed by atoms with Gasteiger partial charge >= 0.3 is 6.18 Å². The minimum absolute atomic E-state index is 0.00597. The van der Waals surface area contributed by atoms with E-state index in [9.17, 15) is 22.8 Å². The molecule has 3 rings (SSSR count). The molecule has 2 heterocycles. The van der Waals surface area contributed by atoms with Gasteiger partial charge in [0.05, 0.1) is 29.7 Å². The number of amides is 1. The highest BCUT2D eigenvalue weighted by molar-refractivity contribution is 5.98. The number of hydrogen-bond acceptors (Lipinski definition) is 4. The van der Waals surface area contributed by atoms with Gasteiger partial charge in [0.2, 0.25) is 0 Å². The van der Waals surface area contributed by atoms with Gasteiger partial charge < -0.3 is 4.74 Å². The van der Waals surface area contributed by atoms with Crippen LogP contribution >= 0.6 is 0 Å². The molecule has 6 nitrogen and oxygen atoms in total. The molecule has 1 aliphatic rings. The zero-order valence-electron chi connectivity index (χ0n) is 12.6. The first-order chi connectivity index (χ1) is 11.8. The van der Waals surface area contributed by atoms with Crippen molar-refractivity contribution in [2.75, 3.05) is 18.1 Å². The Bertz CT molecular complexity index is 944. The fourth-order valence-electron chi connectivity index (χ4n) is 2.34. The summed E-state index contributed by atoms with van der Waals surface area (Å²) in [6.45, 7) is -0.180. The molecule has 0 atom stereocenters.